The lowest BCUT2D eigenvalue weighted by atomic mass is 9.89. The average Bonchev–Trinajstić information content (AvgIpc) is 2.64. The van der Waals surface area contributed by atoms with Crippen LogP contribution in [0.2, 0.25) is 0 Å². The predicted octanol–water partition coefficient (Wildman–Crippen LogP) is 2.47. The maximum atomic E-state index is 12.1. The minimum atomic E-state index is -0.167. The number of para-hydroxylation sites is 1. The zero-order valence-corrected chi connectivity index (χ0v) is 14.3. The van der Waals surface area contributed by atoms with Crippen molar-refractivity contribution in [2.45, 2.75) is 18.9 Å². The van der Waals surface area contributed by atoms with Gasteiger partial charge < -0.3 is 15.0 Å². The molecule has 0 radical (unpaired) electrons. The molecule has 0 bridgehead atoms. The summed E-state index contributed by atoms with van der Waals surface area (Å²) in [5.41, 5.74) is 3.04. The number of carbonyl (C=O) groups is 2. The van der Waals surface area contributed by atoms with Gasteiger partial charge in [-0.1, -0.05) is 48.5 Å². The van der Waals surface area contributed by atoms with Gasteiger partial charge in [0.2, 0.25) is 11.8 Å². The number of rotatable bonds is 6. The predicted molar refractivity (Wildman–Crippen MR) is 96.3 cm³/mol. The second-order valence-electron chi connectivity index (χ2n) is 6.20. The number of ether oxygens (including phenoxy) is 1. The van der Waals surface area contributed by atoms with Crippen LogP contribution in [0, 0.1) is 0 Å². The summed E-state index contributed by atoms with van der Waals surface area (Å²) in [5, 5.41) is 2.88. The largest absolute Gasteiger partial charge is 0.367 e. The van der Waals surface area contributed by atoms with Crippen molar-refractivity contribution in [1.29, 1.82) is 0 Å². The van der Waals surface area contributed by atoms with E-state index < -0.39 is 0 Å². The van der Waals surface area contributed by atoms with Crippen LogP contribution < -0.4 is 10.2 Å². The van der Waals surface area contributed by atoms with Gasteiger partial charge in [-0.3, -0.25) is 9.59 Å². The van der Waals surface area contributed by atoms with Gasteiger partial charge in [-0.15, -0.1) is 0 Å². The van der Waals surface area contributed by atoms with Crippen LogP contribution in [-0.4, -0.2) is 32.0 Å². The summed E-state index contributed by atoms with van der Waals surface area (Å²) in [6.07, 6.45) is 0.401. The molecule has 0 spiro atoms. The topological polar surface area (TPSA) is 58.6 Å². The first-order valence-corrected chi connectivity index (χ1v) is 8.39. The zero-order chi connectivity index (χ0) is 17.6. The Labute approximate surface area is 147 Å². The van der Waals surface area contributed by atoms with Crippen LogP contribution in [0.25, 0.3) is 0 Å². The van der Waals surface area contributed by atoms with Gasteiger partial charge in [0.1, 0.15) is 6.61 Å². The van der Waals surface area contributed by atoms with E-state index >= 15 is 0 Å². The number of benzene rings is 2. The van der Waals surface area contributed by atoms with Gasteiger partial charge in [0.05, 0.1) is 6.61 Å². The Morgan fingerprint density at radius 1 is 1.16 bits per heavy atom. The summed E-state index contributed by atoms with van der Waals surface area (Å²) >= 11 is 0. The van der Waals surface area contributed by atoms with Crippen LogP contribution in [0.1, 0.15) is 23.5 Å². The SMILES string of the molecule is CN1C(=O)CC(CNC(=O)COCc2ccccc2)c2ccccc21. The summed E-state index contributed by atoms with van der Waals surface area (Å²) in [6.45, 7) is 0.852. The van der Waals surface area contributed by atoms with Crippen molar-refractivity contribution >= 4 is 17.5 Å². The maximum Gasteiger partial charge on any atom is 0.246 e. The van der Waals surface area contributed by atoms with Gasteiger partial charge in [-0.05, 0) is 17.2 Å². The lowest BCUT2D eigenvalue weighted by molar-refractivity contribution is -0.126. The summed E-state index contributed by atoms with van der Waals surface area (Å²) in [5.74, 6) is -0.101. The Balaban J connectivity index is 1.50. The first-order valence-electron chi connectivity index (χ1n) is 8.39. The van der Waals surface area contributed by atoms with E-state index in [-0.39, 0.29) is 24.3 Å². The van der Waals surface area contributed by atoms with Crippen LogP contribution >= 0.6 is 0 Å². The number of anilines is 1. The highest BCUT2D eigenvalue weighted by Gasteiger charge is 2.28. The fraction of sp³-hybridized carbons (Fsp3) is 0.300. The van der Waals surface area contributed by atoms with Crippen molar-refractivity contribution in [3.05, 3.63) is 65.7 Å². The Morgan fingerprint density at radius 2 is 1.88 bits per heavy atom. The van der Waals surface area contributed by atoms with Gasteiger partial charge >= 0.3 is 0 Å². The van der Waals surface area contributed by atoms with Gasteiger partial charge in [0.15, 0.2) is 0 Å². The molecule has 3 rings (SSSR count). The number of carbonyl (C=O) groups excluding carboxylic acids is 2. The van der Waals surface area contributed by atoms with Gasteiger partial charge in [0, 0.05) is 31.6 Å². The molecule has 1 unspecified atom stereocenters. The normalized spacial score (nSPS) is 16.4. The van der Waals surface area contributed by atoms with E-state index in [0.29, 0.717) is 19.6 Å². The first-order chi connectivity index (χ1) is 12.1. The molecule has 2 amide bonds. The molecule has 0 fully saturated rings. The Kier molecular flexibility index (Phi) is 5.46. The van der Waals surface area contributed by atoms with Crippen LogP contribution in [-0.2, 0) is 20.9 Å². The molecular weight excluding hydrogens is 316 g/mol. The Bertz CT molecular complexity index is 746. The van der Waals surface area contributed by atoms with E-state index in [1.165, 1.54) is 0 Å². The van der Waals surface area contributed by atoms with E-state index in [9.17, 15) is 9.59 Å². The Morgan fingerprint density at radius 3 is 2.68 bits per heavy atom. The molecule has 0 saturated carbocycles. The van der Waals surface area contributed by atoms with Gasteiger partial charge in [-0.2, -0.15) is 0 Å². The van der Waals surface area contributed by atoms with Crippen LogP contribution in [0.3, 0.4) is 0 Å². The minimum absolute atomic E-state index is 0.00188. The second kappa shape index (κ2) is 7.94. The zero-order valence-electron chi connectivity index (χ0n) is 14.3. The van der Waals surface area contributed by atoms with Crippen LogP contribution in [0.5, 0.6) is 0 Å². The van der Waals surface area contributed by atoms with E-state index in [4.69, 9.17) is 4.74 Å². The van der Waals surface area contributed by atoms with Crippen molar-refractivity contribution in [3.8, 4) is 0 Å². The standard InChI is InChI=1S/C20H22N2O3/c1-22-18-10-6-5-9-17(18)16(11-20(22)24)12-21-19(23)14-25-13-15-7-3-2-4-8-15/h2-10,16H,11-14H2,1H3,(H,21,23). The van der Waals surface area contributed by atoms with E-state index in [2.05, 4.69) is 5.32 Å². The summed E-state index contributed by atoms with van der Waals surface area (Å²) in [6, 6.07) is 17.6. The third-order valence-corrected chi connectivity index (χ3v) is 4.42. The third-order valence-electron chi connectivity index (χ3n) is 4.42. The number of hydrogen-bond donors (Lipinski definition) is 1. The third kappa shape index (κ3) is 4.25. The lowest BCUT2D eigenvalue weighted by Crippen LogP contribution is -2.38. The fourth-order valence-corrected chi connectivity index (χ4v) is 3.04. The average molecular weight is 338 g/mol. The Hall–Kier alpha value is -2.66. The van der Waals surface area contributed by atoms with Gasteiger partial charge in [-0.25, -0.2) is 0 Å². The monoisotopic (exact) mass is 338 g/mol. The van der Waals surface area contributed by atoms with Crippen LogP contribution in [0.4, 0.5) is 5.69 Å². The number of nitrogens with zero attached hydrogens (tertiary/aromatic N) is 1. The van der Waals surface area contributed by atoms with Crippen molar-refractivity contribution in [1.82, 2.24) is 5.32 Å². The van der Waals surface area contributed by atoms with Gasteiger partial charge in [0.25, 0.3) is 0 Å². The molecule has 25 heavy (non-hydrogen) atoms. The molecule has 2 aromatic rings. The molecule has 5 heteroatoms. The summed E-state index contributed by atoms with van der Waals surface area (Å²) < 4.78 is 5.44. The van der Waals surface area contributed by atoms with Crippen molar-refractivity contribution in [3.63, 3.8) is 0 Å². The van der Waals surface area contributed by atoms with E-state index in [1.807, 2.05) is 54.6 Å². The van der Waals surface area contributed by atoms with Crippen molar-refractivity contribution in [2.75, 3.05) is 25.1 Å². The molecule has 0 saturated heterocycles. The van der Waals surface area contributed by atoms with E-state index in [1.54, 1.807) is 11.9 Å². The number of hydrogen-bond acceptors (Lipinski definition) is 3. The maximum absolute atomic E-state index is 12.1. The highest BCUT2D eigenvalue weighted by atomic mass is 16.5. The lowest BCUT2D eigenvalue weighted by Gasteiger charge is -2.31. The first kappa shape index (κ1) is 17.2. The molecule has 1 N–H and O–H groups in total. The smallest absolute Gasteiger partial charge is 0.246 e. The van der Waals surface area contributed by atoms with E-state index in [0.717, 1.165) is 16.8 Å². The number of fused-ring (bicyclic) bond motifs is 1. The van der Waals surface area contributed by atoms with Crippen molar-refractivity contribution < 1.29 is 14.3 Å². The molecule has 1 atom stereocenters. The molecule has 0 aliphatic carbocycles. The van der Waals surface area contributed by atoms with Crippen molar-refractivity contribution in [2.24, 2.45) is 0 Å². The number of amides is 2. The quantitative estimate of drug-likeness (QED) is 0.880. The molecule has 130 valence electrons. The molecule has 2 aromatic carbocycles. The highest BCUT2D eigenvalue weighted by molar-refractivity contribution is 5.96. The summed E-state index contributed by atoms with van der Waals surface area (Å²) in [4.78, 5) is 25.8. The molecule has 1 aliphatic rings. The highest BCUT2D eigenvalue weighted by Crippen LogP contribution is 2.34. The molecular formula is C20H22N2O3. The molecule has 0 aromatic heterocycles. The molecule has 5 nitrogen and oxygen atoms in total. The fourth-order valence-electron chi connectivity index (χ4n) is 3.04. The second-order valence-corrected chi connectivity index (χ2v) is 6.20. The molecule has 1 heterocycles. The van der Waals surface area contributed by atoms with Crippen LogP contribution in [0.15, 0.2) is 54.6 Å². The minimum Gasteiger partial charge on any atom is -0.367 e. The number of nitrogens with one attached hydrogen (secondary N) is 1. The summed E-state index contributed by atoms with van der Waals surface area (Å²) in [7, 11) is 1.79. The molecule has 1 aliphatic heterocycles.